The smallest absolute Gasteiger partial charge is 0.136 e. The fourth-order valence-corrected chi connectivity index (χ4v) is 4.73. The number of hydrogen-bond acceptors (Lipinski definition) is 4. The molecule has 0 saturated carbocycles. The number of ether oxygens (including phenoxy) is 1. The fourth-order valence-electron chi connectivity index (χ4n) is 3.35. The number of Topliss-reactive ketones (excluding diaryl/α,β-unsaturated/α-hetero) is 1. The molecule has 0 aromatic carbocycles. The summed E-state index contributed by atoms with van der Waals surface area (Å²) in [7, 11) is 0. The van der Waals surface area contributed by atoms with Crippen LogP contribution in [-0.2, 0) is 9.53 Å². The Morgan fingerprint density at radius 3 is 2.90 bits per heavy atom. The van der Waals surface area contributed by atoms with E-state index in [4.69, 9.17) is 10.5 Å². The molecule has 0 aromatic rings. The van der Waals surface area contributed by atoms with E-state index in [1.54, 1.807) is 0 Å². The van der Waals surface area contributed by atoms with Crippen LogP contribution >= 0.6 is 11.8 Å². The lowest BCUT2D eigenvalue weighted by atomic mass is 9.78. The van der Waals surface area contributed by atoms with Crippen LogP contribution in [-0.4, -0.2) is 36.0 Å². The molecule has 2 aliphatic heterocycles. The van der Waals surface area contributed by atoms with Gasteiger partial charge in [0.1, 0.15) is 5.78 Å². The quantitative estimate of drug-likeness (QED) is 0.819. The molecule has 0 aliphatic carbocycles. The molecule has 2 fully saturated rings. The summed E-state index contributed by atoms with van der Waals surface area (Å²) in [5.74, 6) is 2.95. The van der Waals surface area contributed by atoms with Crippen LogP contribution in [0.5, 0.6) is 0 Å². The summed E-state index contributed by atoms with van der Waals surface area (Å²) < 4.78 is 6.00. The van der Waals surface area contributed by atoms with Gasteiger partial charge in [0.15, 0.2) is 0 Å². The fraction of sp³-hybridized carbons (Fsp3) is 0.938. The van der Waals surface area contributed by atoms with Crippen molar-refractivity contribution in [3.63, 3.8) is 0 Å². The van der Waals surface area contributed by atoms with Gasteiger partial charge < -0.3 is 10.5 Å². The molecule has 3 nitrogen and oxygen atoms in total. The third-order valence-corrected chi connectivity index (χ3v) is 6.11. The van der Waals surface area contributed by atoms with E-state index in [1.807, 2.05) is 11.8 Å². The minimum Gasteiger partial charge on any atom is -0.374 e. The molecule has 1 spiro atoms. The van der Waals surface area contributed by atoms with Gasteiger partial charge in [0.25, 0.3) is 0 Å². The van der Waals surface area contributed by atoms with Gasteiger partial charge in [-0.05, 0) is 49.8 Å². The zero-order valence-corrected chi connectivity index (χ0v) is 13.8. The van der Waals surface area contributed by atoms with Crippen LogP contribution in [0.3, 0.4) is 0 Å². The second-order valence-electron chi connectivity index (χ2n) is 7.19. The van der Waals surface area contributed by atoms with Crippen LogP contribution in [0.4, 0.5) is 0 Å². The molecule has 0 radical (unpaired) electrons. The van der Waals surface area contributed by atoms with Gasteiger partial charge in [-0.25, -0.2) is 0 Å². The van der Waals surface area contributed by atoms with E-state index in [0.717, 1.165) is 44.5 Å². The van der Waals surface area contributed by atoms with Gasteiger partial charge in [-0.2, -0.15) is 11.8 Å². The molecule has 2 atom stereocenters. The van der Waals surface area contributed by atoms with Crippen molar-refractivity contribution in [1.29, 1.82) is 0 Å². The summed E-state index contributed by atoms with van der Waals surface area (Å²) >= 11 is 1.97. The highest BCUT2D eigenvalue weighted by molar-refractivity contribution is 7.99. The molecule has 20 heavy (non-hydrogen) atoms. The van der Waals surface area contributed by atoms with E-state index in [9.17, 15) is 4.79 Å². The van der Waals surface area contributed by atoms with Gasteiger partial charge in [-0.3, -0.25) is 4.79 Å². The second kappa shape index (κ2) is 6.80. The minimum atomic E-state index is 0.0238. The average molecular weight is 299 g/mol. The molecule has 0 aromatic heterocycles. The number of thioether (sulfide) groups is 1. The Hall–Kier alpha value is -0.0600. The number of carbonyl (C=O) groups excluding carboxylic acids is 1. The predicted octanol–water partition coefficient (Wildman–Crippen LogP) is 3.01. The molecule has 0 amide bonds. The first-order valence-electron chi connectivity index (χ1n) is 7.91. The standard InChI is InChI=1S/C16H29NO2S/c1-15(2,6-8-17)5-3-14(18)13-4-9-19-16(11-13)7-10-20-12-16/h13H,3-12,17H2,1-2H3. The van der Waals surface area contributed by atoms with E-state index in [-0.39, 0.29) is 16.9 Å². The largest absolute Gasteiger partial charge is 0.374 e. The lowest BCUT2D eigenvalue weighted by Crippen LogP contribution is -2.42. The zero-order valence-electron chi connectivity index (χ0n) is 13.0. The highest BCUT2D eigenvalue weighted by Gasteiger charge is 2.42. The Labute approximate surface area is 127 Å². The first-order chi connectivity index (χ1) is 9.46. The lowest BCUT2D eigenvalue weighted by Gasteiger charge is -2.37. The minimum absolute atomic E-state index is 0.0238. The molecule has 2 saturated heterocycles. The molecule has 2 aliphatic rings. The van der Waals surface area contributed by atoms with Crippen molar-refractivity contribution < 1.29 is 9.53 Å². The van der Waals surface area contributed by atoms with Crippen molar-refractivity contribution in [2.75, 3.05) is 24.7 Å². The third kappa shape index (κ3) is 4.22. The van der Waals surface area contributed by atoms with E-state index < -0.39 is 0 Å². The van der Waals surface area contributed by atoms with E-state index in [2.05, 4.69) is 13.8 Å². The highest BCUT2D eigenvalue weighted by atomic mass is 32.2. The maximum atomic E-state index is 12.5. The van der Waals surface area contributed by atoms with Gasteiger partial charge in [-0.1, -0.05) is 13.8 Å². The number of rotatable bonds is 6. The van der Waals surface area contributed by atoms with E-state index in [0.29, 0.717) is 18.7 Å². The monoisotopic (exact) mass is 299 g/mol. The summed E-state index contributed by atoms with van der Waals surface area (Å²) in [6.45, 7) is 5.90. The van der Waals surface area contributed by atoms with E-state index >= 15 is 0 Å². The number of carbonyl (C=O) groups is 1. The van der Waals surface area contributed by atoms with Crippen LogP contribution < -0.4 is 5.73 Å². The molecule has 2 unspecified atom stereocenters. The Morgan fingerprint density at radius 2 is 2.25 bits per heavy atom. The van der Waals surface area contributed by atoms with Crippen LogP contribution in [0.25, 0.3) is 0 Å². The Morgan fingerprint density at radius 1 is 1.45 bits per heavy atom. The number of ketones is 1. The van der Waals surface area contributed by atoms with E-state index in [1.165, 1.54) is 5.75 Å². The van der Waals surface area contributed by atoms with Crippen molar-refractivity contribution in [3.8, 4) is 0 Å². The van der Waals surface area contributed by atoms with Gasteiger partial charge in [0.2, 0.25) is 0 Å². The first kappa shape index (κ1) is 16.3. The summed E-state index contributed by atoms with van der Waals surface area (Å²) in [6, 6.07) is 0. The van der Waals surface area contributed by atoms with Crippen molar-refractivity contribution in [3.05, 3.63) is 0 Å². The molecule has 4 heteroatoms. The van der Waals surface area contributed by atoms with Gasteiger partial charge in [0.05, 0.1) is 5.60 Å². The van der Waals surface area contributed by atoms with Crippen molar-refractivity contribution in [2.45, 2.75) is 58.0 Å². The number of hydrogen-bond donors (Lipinski definition) is 1. The molecule has 2 heterocycles. The molecule has 116 valence electrons. The van der Waals surface area contributed by atoms with Crippen molar-refractivity contribution in [1.82, 2.24) is 0 Å². The normalized spacial score (nSPS) is 30.9. The van der Waals surface area contributed by atoms with Gasteiger partial charge >= 0.3 is 0 Å². The molecule has 2 rings (SSSR count). The summed E-state index contributed by atoms with van der Waals surface area (Å²) in [6.07, 6.45) is 5.66. The third-order valence-electron chi connectivity index (χ3n) is 4.88. The first-order valence-corrected chi connectivity index (χ1v) is 9.06. The molecule has 2 N–H and O–H groups in total. The summed E-state index contributed by atoms with van der Waals surface area (Å²) in [4.78, 5) is 12.5. The van der Waals surface area contributed by atoms with Crippen molar-refractivity contribution >= 4 is 17.5 Å². The molecular weight excluding hydrogens is 270 g/mol. The topological polar surface area (TPSA) is 52.3 Å². The summed E-state index contributed by atoms with van der Waals surface area (Å²) in [5.41, 5.74) is 5.85. The average Bonchev–Trinajstić information content (AvgIpc) is 2.84. The van der Waals surface area contributed by atoms with Gasteiger partial charge in [-0.15, -0.1) is 0 Å². The maximum Gasteiger partial charge on any atom is 0.136 e. The Bertz CT molecular complexity index is 337. The highest BCUT2D eigenvalue weighted by Crippen LogP contribution is 2.41. The summed E-state index contributed by atoms with van der Waals surface area (Å²) in [5, 5.41) is 0. The lowest BCUT2D eigenvalue weighted by molar-refractivity contribution is -0.134. The van der Waals surface area contributed by atoms with Crippen LogP contribution in [0.1, 0.15) is 52.4 Å². The van der Waals surface area contributed by atoms with Crippen LogP contribution in [0, 0.1) is 11.3 Å². The number of nitrogens with two attached hydrogens (primary N) is 1. The van der Waals surface area contributed by atoms with Crippen molar-refractivity contribution in [2.24, 2.45) is 17.1 Å². The molecule has 0 bridgehead atoms. The van der Waals surface area contributed by atoms with Crippen LogP contribution in [0.15, 0.2) is 0 Å². The second-order valence-corrected chi connectivity index (χ2v) is 8.30. The maximum absolute atomic E-state index is 12.5. The zero-order chi connectivity index (χ0) is 14.6. The Kier molecular flexibility index (Phi) is 5.55. The van der Waals surface area contributed by atoms with Crippen LogP contribution in [0.2, 0.25) is 0 Å². The SMILES string of the molecule is CC(C)(CCN)CCC(=O)C1CCOC2(CCSC2)C1. The Balaban J connectivity index is 1.83. The van der Waals surface area contributed by atoms with Gasteiger partial charge in [0, 0.05) is 24.7 Å². The predicted molar refractivity (Wildman–Crippen MR) is 85.0 cm³/mol. The molecular formula is C16H29NO2S.